The molecule has 0 aliphatic heterocycles. The van der Waals surface area contributed by atoms with E-state index in [1.165, 1.54) is 6.07 Å². The van der Waals surface area contributed by atoms with Crippen LogP contribution in [0, 0.1) is 11.7 Å². The van der Waals surface area contributed by atoms with Crippen LogP contribution in [0.2, 0.25) is 0 Å². The van der Waals surface area contributed by atoms with E-state index in [2.05, 4.69) is 10.6 Å². The van der Waals surface area contributed by atoms with Crippen LogP contribution in [0.5, 0.6) is 0 Å². The third-order valence-corrected chi connectivity index (χ3v) is 2.95. The van der Waals surface area contributed by atoms with Crippen molar-refractivity contribution in [3.63, 3.8) is 0 Å². The molecule has 0 bridgehead atoms. The van der Waals surface area contributed by atoms with E-state index in [9.17, 15) is 9.18 Å². The topological polar surface area (TPSA) is 44.4 Å². The molecular weight excluding hydrogens is 257 g/mol. The molecule has 2 N–H and O–H groups in total. The standard InChI is InChI=1S/C15H24FN3O/c1-11(2)8-18-15(20)10-19(4)14-7-5-6-13(16)12(14)9-17-3/h5-7,11,17H,8-10H2,1-4H3,(H,18,20). The number of hydrogen-bond acceptors (Lipinski definition) is 3. The van der Waals surface area contributed by atoms with Crippen molar-refractivity contribution in [3.05, 3.63) is 29.6 Å². The fourth-order valence-corrected chi connectivity index (χ4v) is 1.93. The molecule has 4 nitrogen and oxygen atoms in total. The molecule has 20 heavy (non-hydrogen) atoms. The number of carbonyl (C=O) groups excluding carboxylic acids is 1. The number of nitrogens with zero attached hydrogens (tertiary/aromatic N) is 1. The molecule has 0 heterocycles. The van der Waals surface area contributed by atoms with E-state index in [0.717, 1.165) is 5.69 Å². The number of carbonyl (C=O) groups is 1. The molecule has 0 spiro atoms. The first kappa shape index (κ1) is 16.4. The molecule has 0 saturated heterocycles. The van der Waals surface area contributed by atoms with E-state index >= 15 is 0 Å². The first-order chi connectivity index (χ1) is 9.45. The monoisotopic (exact) mass is 281 g/mol. The molecule has 5 heteroatoms. The Kier molecular flexibility index (Phi) is 6.45. The number of amides is 1. The van der Waals surface area contributed by atoms with Crippen molar-refractivity contribution in [2.45, 2.75) is 20.4 Å². The maximum absolute atomic E-state index is 13.8. The van der Waals surface area contributed by atoms with Crippen molar-refractivity contribution in [1.29, 1.82) is 0 Å². The van der Waals surface area contributed by atoms with Gasteiger partial charge in [0, 0.05) is 31.4 Å². The normalized spacial score (nSPS) is 10.7. The van der Waals surface area contributed by atoms with Gasteiger partial charge < -0.3 is 15.5 Å². The van der Waals surface area contributed by atoms with E-state index in [0.29, 0.717) is 24.6 Å². The fraction of sp³-hybridized carbons (Fsp3) is 0.533. The Labute approximate surface area is 120 Å². The molecule has 0 radical (unpaired) electrons. The number of hydrogen-bond donors (Lipinski definition) is 2. The van der Waals surface area contributed by atoms with Gasteiger partial charge in [-0.1, -0.05) is 19.9 Å². The quantitative estimate of drug-likeness (QED) is 0.800. The fourth-order valence-electron chi connectivity index (χ4n) is 1.93. The van der Waals surface area contributed by atoms with Crippen LogP contribution < -0.4 is 15.5 Å². The summed E-state index contributed by atoms with van der Waals surface area (Å²) in [6, 6.07) is 4.92. The van der Waals surface area contributed by atoms with Gasteiger partial charge in [-0.25, -0.2) is 4.39 Å². The van der Waals surface area contributed by atoms with Crippen molar-refractivity contribution in [1.82, 2.24) is 10.6 Å². The largest absolute Gasteiger partial charge is 0.365 e. The average Bonchev–Trinajstić information content (AvgIpc) is 2.38. The van der Waals surface area contributed by atoms with Crippen LogP contribution in [0.15, 0.2) is 18.2 Å². The summed E-state index contributed by atoms with van der Waals surface area (Å²) in [5, 5.41) is 5.81. The van der Waals surface area contributed by atoms with Gasteiger partial charge in [0.2, 0.25) is 5.91 Å². The number of anilines is 1. The van der Waals surface area contributed by atoms with Gasteiger partial charge in [-0.15, -0.1) is 0 Å². The Hall–Kier alpha value is -1.62. The Balaban J connectivity index is 2.74. The SMILES string of the molecule is CNCc1c(F)cccc1N(C)CC(=O)NCC(C)C. The predicted molar refractivity (Wildman–Crippen MR) is 80.3 cm³/mol. The Morgan fingerprint density at radius 3 is 2.70 bits per heavy atom. The zero-order valence-corrected chi connectivity index (χ0v) is 12.7. The smallest absolute Gasteiger partial charge is 0.239 e. The van der Waals surface area contributed by atoms with E-state index in [-0.39, 0.29) is 18.3 Å². The number of nitrogens with one attached hydrogen (secondary N) is 2. The van der Waals surface area contributed by atoms with Crippen LogP contribution in [-0.4, -0.2) is 33.1 Å². The maximum atomic E-state index is 13.8. The first-order valence-electron chi connectivity index (χ1n) is 6.85. The molecule has 0 saturated carbocycles. The van der Waals surface area contributed by atoms with Gasteiger partial charge in [0.05, 0.1) is 6.54 Å². The predicted octanol–water partition coefficient (Wildman–Crippen LogP) is 1.75. The van der Waals surface area contributed by atoms with Crippen LogP contribution >= 0.6 is 0 Å². The van der Waals surface area contributed by atoms with Crippen LogP contribution in [0.1, 0.15) is 19.4 Å². The van der Waals surface area contributed by atoms with Crippen molar-refractivity contribution in [2.75, 3.05) is 32.1 Å². The lowest BCUT2D eigenvalue weighted by Crippen LogP contribution is -2.37. The van der Waals surface area contributed by atoms with Gasteiger partial charge in [0.15, 0.2) is 0 Å². The second-order valence-corrected chi connectivity index (χ2v) is 5.32. The minimum Gasteiger partial charge on any atom is -0.365 e. The van der Waals surface area contributed by atoms with Crippen molar-refractivity contribution >= 4 is 11.6 Å². The summed E-state index contributed by atoms with van der Waals surface area (Å²) in [5.74, 6) is 0.102. The minimum absolute atomic E-state index is 0.0548. The third kappa shape index (κ3) is 4.81. The van der Waals surface area contributed by atoms with E-state index < -0.39 is 0 Å². The molecule has 1 aromatic carbocycles. The highest BCUT2D eigenvalue weighted by Gasteiger charge is 2.14. The molecule has 1 aromatic rings. The van der Waals surface area contributed by atoms with Crippen molar-refractivity contribution < 1.29 is 9.18 Å². The lowest BCUT2D eigenvalue weighted by molar-refractivity contribution is -0.119. The summed E-state index contributed by atoms with van der Waals surface area (Å²) in [5.41, 5.74) is 1.31. The average molecular weight is 281 g/mol. The second-order valence-electron chi connectivity index (χ2n) is 5.32. The summed E-state index contributed by atoms with van der Waals surface area (Å²) in [7, 11) is 3.56. The number of likely N-dealkylation sites (N-methyl/N-ethyl adjacent to an activating group) is 1. The molecule has 0 atom stereocenters. The van der Waals surface area contributed by atoms with Gasteiger partial charge in [0.25, 0.3) is 0 Å². The molecule has 0 unspecified atom stereocenters. The third-order valence-electron chi connectivity index (χ3n) is 2.95. The highest BCUT2D eigenvalue weighted by atomic mass is 19.1. The van der Waals surface area contributed by atoms with Gasteiger partial charge in [0.1, 0.15) is 5.82 Å². The van der Waals surface area contributed by atoms with Crippen molar-refractivity contribution in [2.24, 2.45) is 5.92 Å². The molecule has 1 rings (SSSR count). The number of halogens is 1. The number of benzene rings is 1. The van der Waals surface area contributed by atoms with E-state index in [4.69, 9.17) is 0 Å². The number of rotatable bonds is 7. The van der Waals surface area contributed by atoms with Gasteiger partial charge in [-0.3, -0.25) is 4.79 Å². The minimum atomic E-state index is -0.258. The van der Waals surface area contributed by atoms with Gasteiger partial charge in [-0.05, 0) is 25.1 Å². The van der Waals surface area contributed by atoms with Crippen LogP contribution in [0.25, 0.3) is 0 Å². The summed E-state index contributed by atoms with van der Waals surface area (Å²) in [6.07, 6.45) is 0. The lowest BCUT2D eigenvalue weighted by atomic mass is 10.1. The molecule has 0 fully saturated rings. The highest BCUT2D eigenvalue weighted by molar-refractivity contribution is 5.81. The first-order valence-corrected chi connectivity index (χ1v) is 6.85. The van der Waals surface area contributed by atoms with Crippen LogP contribution in [0.3, 0.4) is 0 Å². The maximum Gasteiger partial charge on any atom is 0.239 e. The zero-order valence-electron chi connectivity index (χ0n) is 12.7. The van der Waals surface area contributed by atoms with Crippen molar-refractivity contribution in [3.8, 4) is 0 Å². The molecule has 112 valence electrons. The van der Waals surface area contributed by atoms with Gasteiger partial charge >= 0.3 is 0 Å². The van der Waals surface area contributed by atoms with Gasteiger partial charge in [-0.2, -0.15) is 0 Å². The van der Waals surface area contributed by atoms with E-state index in [1.54, 1.807) is 25.1 Å². The molecule has 0 aliphatic carbocycles. The summed E-state index contributed by atoms with van der Waals surface area (Å²) < 4.78 is 13.8. The summed E-state index contributed by atoms with van der Waals surface area (Å²) >= 11 is 0. The second kappa shape index (κ2) is 7.85. The Morgan fingerprint density at radius 1 is 1.40 bits per heavy atom. The zero-order chi connectivity index (χ0) is 15.1. The Bertz CT molecular complexity index is 449. The summed E-state index contributed by atoms with van der Waals surface area (Å²) in [6.45, 7) is 5.38. The molecular formula is C15H24FN3O. The molecule has 1 amide bonds. The molecule has 0 aliphatic rings. The van der Waals surface area contributed by atoms with Crippen LogP contribution in [-0.2, 0) is 11.3 Å². The highest BCUT2D eigenvalue weighted by Crippen LogP contribution is 2.22. The summed E-state index contributed by atoms with van der Waals surface area (Å²) in [4.78, 5) is 13.6. The Morgan fingerprint density at radius 2 is 2.10 bits per heavy atom. The lowest BCUT2D eigenvalue weighted by Gasteiger charge is -2.22. The molecule has 0 aromatic heterocycles. The van der Waals surface area contributed by atoms with Crippen LogP contribution in [0.4, 0.5) is 10.1 Å². The van der Waals surface area contributed by atoms with E-state index in [1.807, 2.05) is 19.9 Å².